The summed E-state index contributed by atoms with van der Waals surface area (Å²) in [5.41, 5.74) is 2.80. The van der Waals surface area contributed by atoms with Gasteiger partial charge in [0.1, 0.15) is 17.1 Å². The monoisotopic (exact) mass is 403 g/mol. The zero-order valence-corrected chi connectivity index (χ0v) is 16.1. The van der Waals surface area contributed by atoms with Crippen molar-refractivity contribution in [3.8, 4) is 0 Å². The molecule has 9 heteroatoms. The summed E-state index contributed by atoms with van der Waals surface area (Å²) in [5, 5.41) is 41.3. The molecule has 156 valence electrons. The summed E-state index contributed by atoms with van der Waals surface area (Å²) < 4.78 is 5.37. The van der Waals surface area contributed by atoms with Crippen molar-refractivity contribution in [3.05, 3.63) is 34.3 Å². The van der Waals surface area contributed by atoms with Crippen molar-refractivity contribution in [2.75, 3.05) is 26.3 Å². The van der Waals surface area contributed by atoms with Crippen molar-refractivity contribution in [1.29, 1.82) is 5.41 Å². The molecule has 1 saturated heterocycles. The van der Waals surface area contributed by atoms with Crippen LogP contribution in [0.15, 0.2) is 34.3 Å². The van der Waals surface area contributed by atoms with Crippen molar-refractivity contribution < 1.29 is 29.6 Å². The number of carbonyl (C=O) groups is 2. The number of nitrogens with zero attached hydrogens (tertiary/aromatic N) is 1. The van der Waals surface area contributed by atoms with E-state index in [9.17, 15) is 24.9 Å². The molecule has 0 aromatic rings. The number of allylic oxidation sites excluding steroid dienone is 2. The number of hydrogen-bond acceptors (Lipinski definition) is 8. The Morgan fingerprint density at radius 2 is 2.00 bits per heavy atom. The lowest BCUT2D eigenvalue weighted by molar-refractivity contribution is -0.140. The lowest BCUT2D eigenvalue weighted by atomic mass is 9.57. The smallest absolute Gasteiger partial charge is 0.254 e. The Balaban J connectivity index is 1.89. The molecule has 4 aliphatic rings. The lowest BCUT2D eigenvalue weighted by Gasteiger charge is -2.52. The van der Waals surface area contributed by atoms with E-state index >= 15 is 0 Å². The topological polar surface area (TPSA) is 157 Å². The van der Waals surface area contributed by atoms with E-state index in [0.29, 0.717) is 32.7 Å². The van der Waals surface area contributed by atoms with Crippen LogP contribution in [0.5, 0.6) is 0 Å². The number of ketones is 1. The molecule has 0 spiro atoms. The van der Waals surface area contributed by atoms with E-state index in [1.165, 1.54) is 6.08 Å². The van der Waals surface area contributed by atoms with E-state index < -0.39 is 40.5 Å². The number of carbonyl (C=O) groups excluding carboxylic acids is 2. The second-order valence-electron chi connectivity index (χ2n) is 8.22. The molecule has 0 unspecified atom stereocenters. The molecule has 1 saturated carbocycles. The zero-order valence-electron chi connectivity index (χ0n) is 16.1. The molecular formula is C20H25N3O6. The van der Waals surface area contributed by atoms with Crippen molar-refractivity contribution in [3.63, 3.8) is 0 Å². The fourth-order valence-corrected chi connectivity index (χ4v) is 5.27. The van der Waals surface area contributed by atoms with Gasteiger partial charge in [-0.05, 0) is 31.8 Å². The SMILES string of the molecule is CC1=CC(O)=C2C(=O)[C@]3(O)C(=N)C(C(N)=O)=C(O)[C@H](N4CCOCC4)[C@@H]3C[C@@H]2C1. The lowest BCUT2D eigenvalue weighted by Crippen LogP contribution is -2.68. The van der Waals surface area contributed by atoms with E-state index in [1.54, 1.807) is 0 Å². The van der Waals surface area contributed by atoms with Crippen molar-refractivity contribution >= 4 is 17.4 Å². The molecule has 6 N–H and O–H groups in total. The predicted molar refractivity (Wildman–Crippen MR) is 102 cm³/mol. The summed E-state index contributed by atoms with van der Waals surface area (Å²) in [6.07, 6.45) is 2.29. The Kier molecular flexibility index (Phi) is 4.64. The van der Waals surface area contributed by atoms with E-state index in [0.717, 1.165) is 5.57 Å². The highest BCUT2D eigenvalue weighted by Gasteiger charge is 2.63. The molecule has 4 rings (SSSR count). The van der Waals surface area contributed by atoms with Crippen LogP contribution in [0.25, 0.3) is 0 Å². The number of aliphatic hydroxyl groups is 3. The van der Waals surface area contributed by atoms with Gasteiger partial charge in [-0.25, -0.2) is 0 Å². The number of ether oxygens (including phenoxy) is 1. The summed E-state index contributed by atoms with van der Waals surface area (Å²) in [6, 6.07) is -0.848. The molecule has 1 heterocycles. The van der Waals surface area contributed by atoms with Crippen LogP contribution in [0.4, 0.5) is 0 Å². The second kappa shape index (κ2) is 6.79. The summed E-state index contributed by atoms with van der Waals surface area (Å²) in [4.78, 5) is 27.3. The fraction of sp³-hybridized carbons (Fsp3) is 0.550. The molecule has 0 aromatic carbocycles. The van der Waals surface area contributed by atoms with Crippen LogP contribution in [0.3, 0.4) is 0 Å². The number of fused-ring (bicyclic) bond motifs is 2. The quantitative estimate of drug-likeness (QED) is 0.438. The molecule has 0 radical (unpaired) electrons. The van der Waals surface area contributed by atoms with Crippen LogP contribution in [-0.2, 0) is 14.3 Å². The maximum absolute atomic E-state index is 13.4. The standard InChI is InChI=1S/C20H25N3O6/c1-9-6-10-8-11-15(23-2-4-29-5-3-23)16(25)14(19(22)27)17(21)20(11,28)18(26)13(10)12(24)7-9/h7,10-11,15,21,24-25,28H,2-6,8H2,1H3,(H2,22,27)/t10-,11-,15+,20+/m0/s1. The van der Waals surface area contributed by atoms with Gasteiger partial charge < -0.3 is 31.2 Å². The first-order valence-electron chi connectivity index (χ1n) is 9.69. The van der Waals surface area contributed by atoms with Gasteiger partial charge in [-0.3, -0.25) is 14.5 Å². The largest absolute Gasteiger partial charge is 0.510 e. The Morgan fingerprint density at radius 3 is 2.62 bits per heavy atom. The van der Waals surface area contributed by atoms with Crippen LogP contribution < -0.4 is 5.73 Å². The van der Waals surface area contributed by atoms with Gasteiger partial charge in [-0.2, -0.15) is 0 Å². The number of rotatable bonds is 2. The molecule has 0 bridgehead atoms. The van der Waals surface area contributed by atoms with Crippen molar-refractivity contribution in [2.45, 2.75) is 31.4 Å². The highest BCUT2D eigenvalue weighted by molar-refractivity contribution is 6.33. The van der Waals surface area contributed by atoms with Gasteiger partial charge in [0.2, 0.25) is 5.78 Å². The number of hydrogen-bond donors (Lipinski definition) is 5. The van der Waals surface area contributed by atoms with Gasteiger partial charge in [0, 0.05) is 24.6 Å². The number of nitrogens with one attached hydrogen (secondary N) is 1. The molecular weight excluding hydrogens is 378 g/mol. The first-order valence-corrected chi connectivity index (χ1v) is 9.69. The minimum Gasteiger partial charge on any atom is -0.510 e. The van der Waals surface area contributed by atoms with Gasteiger partial charge in [0.05, 0.1) is 25.0 Å². The number of Topliss-reactive ketones (excluding diaryl/α,β-unsaturated/α-hetero) is 1. The second-order valence-corrected chi connectivity index (χ2v) is 8.22. The average Bonchev–Trinajstić information content (AvgIpc) is 2.65. The maximum atomic E-state index is 13.4. The molecule has 1 amide bonds. The highest BCUT2D eigenvalue weighted by Crippen LogP contribution is 2.50. The van der Waals surface area contributed by atoms with Crippen molar-refractivity contribution in [1.82, 2.24) is 4.90 Å². The normalized spacial score (nSPS) is 35.9. The van der Waals surface area contributed by atoms with Crippen LogP contribution in [0.1, 0.15) is 19.8 Å². The minimum absolute atomic E-state index is 0.0741. The molecule has 9 nitrogen and oxygen atoms in total. The minimum atomic E-state index is -2.35. The first kappa shape index (κ1) is 19.8. The van der Waals surface area contributed by atoms with Gasteiger partial charge in [0.25, 0.3) is 5.91 Å². The zero-order chi connectivity index (χ0) is 21.1. The summed E-state index contributed by atoms with van der Waals surface area (Å²) in [5.74, 6) is -3.66. The van der Waals surface area contributed by atoms with E-state index in [1.807, 2.05) is 11.8 Å². The van der Waals surface area contributed by atoms with Gasteiger partial charge in [0.15, 0.2) is 5.60 Å². The number of primary amides is 1. The van der Waals surface area contributed by atoms with Gasteiger partial charge in [-0.1, -0.05) is 5.57 Å². The van der Waals surface area contributed by atoms with Gasteiger partial charge >= 0.3 is 0 Å². The van der Waals surface area contributed by atoms with Crippen LogP contribution in [-0.4, -0.2) is 75.6 Å². The molecule has 0 aromatic heterocycles. The van der Waals surface area contributed by atoms with Crippen LogP contribution in [0, 0.1) is 17.2 Å². The van der Waals surface area contributed by atoms with Crippen LogP contribution >= 0.6 is 0 Å². The third-order valence-corrected chi connectivity index (χ3v) is 6.54. The number of nitrogens with two attached hydrogens (primary N) is 1. The number of aliphatic hydroxyl groups excluding tert-OH is 2. The molecule has 4 atom stereocenters. The molecule has 3 aliphatic carbocycles. The summed E-state index contributed by atoms with van der Waals surface area (Å²) >= 11 is 0. The number of morpholine rings is 1. The third-order valence-electron chi connectivity index (χ3n) is 6.54. The molecule has 29 heavy (non-hydrogen) atoms. The fourth-order valence-electron chi connectivity index (χ4n) is 5.27. The first-order chi connectivity index (χ1) is 13.7. The predicted octanol–water partition coefficient (Wildman–Crippen LogP) is 0.116. The number of amides is 1. The Labute approximate surface area is 167 Å². The van der Waals surface area contributed by atoms with E-state index in [-0.39, 0.29) is 29.4 Å². The Bertz CT molecular complexity index is 898. The molecule has 1 aliphatic heterocycles. The Morgan fingerprint density at radius 1 is 1.34 bits per heavy atom. The van der Waals surface area contributed by atoms with E-state index in [4.69, 9.17) is 15.9 Å². The third kappa shape index (κ3) is 2.76. The van der Waals surface area contributed by atoms with E-state index in [2.05, 4.69) is 0 Å². The van der Waals surface area contributed by atoms with Gasteiger partial charge in [-0.15, -0.1) is 0 Å². The van der Waals surface area contributed by atoms with Crippen molar-refractivity contribution in [2.24, 2.45) is 17.6 Å². The summed E-state index contributed by atoms with van der Waals surface area (Å²) in [7, 11) is 0. The highest BCUT2D eigenvalue weighted by atomic mass is 16.5. The maximum Gasteiger partial charge on any atom is 0.254 e. The summed E-state index contributed by atoms with van der Waals surface area (Å²) in [6.45, 7) is 3.54. The molecule has 2 fully saturated rings. The Hall–Kier alpha value is -2.49. The average molecular weight is 403 g/mol. The van der Waals surface area contributed by atoms with Crippen LogP contribution in [0.2, 0.25) is 0 Å².